The molecule has 0 aliphatic heterocycles. The molecule has 25 heavy (non-hydrogen) atoms. The highest BCUT2D eigenvalue weighted by Crippen LogP contribution is 2.22. The van der Waals surface area contributed by atoms with Crippen LogP contribution in [0, 0.1) is 20.8 Å². The van der Waals surface area contributed by atoms with Crippen LogP contribution < -0.4 is 4.90 Å². The number of hydrogen-bond acceptors (Lipinski definition) is 4. The molecule has 2 aromatic rings. The summed E-state index contributed by atoms with van der Waals surface area (Å²) >= 11 is 0. The Morgan fingerprint density at radius 3 is 1.96 bits per heavy atom. The third-order valence-electron chi connectivity index (χ3n) is 4.20. The van der Waals surface area contributed by atoms with Gasteiger partial charge in [0.1, 0.15) is 0 Å². The molecule has 0 radical (unpaired) electrons. The molecule has 4 heteroatoms. The van der Waals surface area contributed by atoms with Gasteiger partial charge in [-0.05, 0) is 44.0 Å². The van der Waals surface area contributed by atoms with Gasteiger partial charge in [0, 0.05) is 32.4 Å². The zero-order chi connectivity index (χ0) is 18.7. The molecule has 0 fully saturated rings. The fourth-order valence-electron chi connectivity index (χ4n) is 2.86. The largest absolute Gasteiger partial charge is 0.378 e. The van der Waals surface area contributed by atoms with Gasteiger partial charge in [0.2, 0.25) is 0 Å². The number of carbonyl (C=O) groups is 1. The van der Waals surface area contributed by atoms with Crippen molar-refractivity contribution in [2.24, 2.45) is 0 Å². The van der Waals surface area contributed by atoms with E-state index in [1.165, 1.54) is 5.06 Å². The summed E-state index contributed by atoms with van der Waals surface area (Å²) in [5, 5.41) is 1.42. The Bertz CT molecular complexity index is 769. The summed E-state index contributed by atoms with van der Waals surface area (Å²) in [6, 6.07) is 11.9. The van der Waals surface area contributed by atoms with Crippen LogP contribution in [0.15, 0.2) is 43.0 Å². The van der Waals surface area contributed by atoms with Gasteiger partial charge in [-0.25, -0.2) is 9.86 Å². The minimum absolute atomic E-state index is 0.372. The number of hydroxylamine groups is 2. The first kappa shape index (κ1) is 18.6. The van der Waals surface area contributed by atoms with Gasteiger partial charge in [0.25, 0.3) is 0 Å². The molecule has 0 N–H and O–H groups in total. The van der Waals surface area contributed by atoms with Crippen LogP contribution in [0.4, 0.5) is 5.69 Å². The predicted octanol–water partition coefficient (Wildman–Crippen LogP) is 4.35. The van der Waals surface area contributed by atoms with Crippen LogP contribution in [-0.4, -0.2) is 32.2 Å². The Balaban J connectivity index is 2.14. The van der Waals surface area contributed by atoms with E-state index < -0.39 is 0 Å². The molecule has 0 bridgehead atoms. The van der Waals surface area contributed by atoms with Crippen molar-refractivity contribution in [1.29, 1.82) is 0 Å². The van der Waals surface area contributed by atoms with Gasteiger partial charge in [0.15, 0.2) is 0 Å². The topological polar surface area (TPSA) is 32.8 Å². The van der Waals surface area contributed by atoms with Crippen molar-refractivity contribution in [1.82, 2.24) is 5.06 Å². The summed E-state index contributed by atoms with van der Waals surface area (Å²) in [6.07, 6.45) is 0. The molecule has 2 aromatic carbocycles. The van der Waals surface area contributed by atoms with E-state index in [1.54, 1.807) is 7.05 Å². The van der Waals surface area contributed by atoms with Crippen molar-refractivity contribution in [3.05, 3.63) is 70.8 Å². The van der Waals surface area contributed by atoms with Crippen LogP contribution in [0.5, 0.6) is 0 Å². The molecule has 132 valence electrons. The van der Waals surface area contributed by atoms with Gasteiger partial charge in [-0.2, -0.15) is 0 Å². The summed E-state index contributed by atoms with van der Waals surface area (Å²) in [5.74, 6) is -0.372. The molecular weight excluding hydrogens is 312 g/mol. The summed E-state index contributed by atoms with van der Waals surface area (Å²) in [4.78, 5) is 20.1. The summed E-state index contributed by atoms with van der Waals surface area (Å²) in [5.41, 5.74) is 6.19. The Labute approximate surface area is 150 Å². The number of carbonyl (C=O) groups excluding carboxylic acids is 1. The average Bonchev–Trinajstić information content (AvgIpc) is 2.53. The lowest BCUT2D eigenvalue weighted by atomic mass is 10.0. The van der Waals surface area contributed by atoms with Gasteiger partial charge < -0.3 is 9.74 Å². The minimum atomic E-state index is -0.372. The van der Waals surface area contributed by atoms with Crippen LogP contribution in [0.2, 0.25) is 0 Å². The third-order valence-corrected chi connectivity index (χ3v) is 4.20. The molecule has 0 aliphatic rings. The Hall–Kier alpha value is -2.75. The lowest BCUT2D eigenvalue weighted by molar-refractivity contribution is -0.0470. The first-order valence-electron chi connectivity index (χ1n) is 8.21. The molecule has 0 saturated heterocycles. The van der Waals surface area contributed by atoms with E-state index in [-0.39, 0.29) is 5.97 Å². The number of aryl methyl sites for hydroxylation is 3. The van der Waals surface area contributed by atoms with E-state index in [2.05, 4.69) is 6.58 Å². The molecule has 2 rings (SSSR count). The summed E-state index contributed by atoms with van der Waals surface area (Å²) in [6.45, 7) is 9.90. The predicted molar refractivity (Wildman–Crippen MR) is 104 cm³/mol. The van der Waals surface area contributed by atoms with E-state index in [9.17, 15) is 4.79 Å². The second-order valence-corrected chi connectivity index (χ2v) is 6.54. The molecule has 0 aliphatic carbocycles. The molecule has 0 aromatic heterocycles. The van der Waals surface area contributed by atoms with Gasteiger partial charge in [-0.1, -0.05) is 36.4 Å². The van der Waals surface area contributed by atoms with Gasteiger partial charge in [-0.15, -0.1) is 0 Å². The summed E-state index contributed by atoms with van der Waals surface area (Å²) < 4.78 is 0. The fraction of sp³-hybridized carbons (Fsp3) is 0.286. The zero-order valence-corrected chi connectivity index (χ0v) is 15.9. The smallest absolute Gasteiger partial charge is 0.363 e. The summed E-state index contributed by atoms with van der Waals surface area (Å²) in [7, 11) is 5.67. The van der Waals surface area contributed by atoms with Crippen LogP contribution in [0.3, 0.4) is 0 Å². The first-order chi connectivity index (χ1) is 11.7. The number of rotatable bonds is 5. The maximum atomic E-state index is 12.6. The molecule has 0 heterocycles. The quantitative estimate of drug-likeness (QED) is 0.759. The van der Waals surface area contributed by atoms with E-state index >= 15 is 0 Å². The van der Waals surface area contributed by atoms with Crippen molar-refractivity contribution < 1.29 is 9.63 Å². The highest BCUT2D eigenvalue weighted by atomic mass is 16.7. The van der Waals surface area contributed by atoms with Crippen molar-refractivity contribution in [3.8, 4) is 0 Å². The van der Waals surface area contributed by atoms with Crippen molar-refractivity contribution in [3.63, 3.8) is 0 Å². The van der Waals surface area contributed by atoms with E-state index in [4.69, 9.17) is 4.84 Å². The van der Waals surface area contributed by atoms with Crippen molar-refractivity contribution in [2.45, 2.75) is 20.8 Å². The lowest BCUT2D eigenvalue weighted by Gasteiger charge is -2.22. The number of benzene rings is 2. The van der Waals surface area contributed by atoms with E-state index in [1.807, 2.05) is 76.2 Å². The highest BCUT2D eigenvalue weighted by molar-refractivity contribution is 5.93. The third kappa shape index (κ3) is 4.21. The normalized spacial score (nSPS) is 10.3. The van der Waals surface area contributed by atoms with Crippen LogP contribution in [0.25, 0.3) is 5.70 Å². The van der Waals surface area contributed by atoms with Crippen molar-refractivity contribution in [2.75, 3.05) is 26.0 Å². The van der Waals surface area contributed by atoms with E-state index in [0.29, 0.717) is 11.3 Å². The van der Waals surface area contributed by atoms with Gasteiger partial charge in [-0.3, -0.25) is 0 Å². The minimum Gasteiger partial charge on any atom is -0.378 e. The second-order valence-electron chi connectivity index (χ2n) is 6.54. The standard InChI is InChI=1S/C21H26N2O2/c1-14-12-15(2)20(16(3)13-14)21(24)25-23(7)17(4)18-8-10-19(11-9-18)22(5)6/h8-13H,4H2,1-3,5-7H3. The maximum Gasteiger partial charge on any atom is 0.363 e. The second kappa shape index (κ2) is 7.43. The van der Waals surface area contributed by atoms with Gasteiger partial charge in [0.05, 0.1) is 11.3 Å². The lowest BCUT2D eigenvalue weighted by Crippen LogP contribution is -2.23. The van der Waals surface area contributed by atoms with Crippen LogP contribution >= 0.6 is 0 Å². The zero-order valence-electron chi connectivity index (χ0n) is 15.9. The Morgan fingerprint density at radius 2 is 1.48 bits per heavy atom. The van der Waals surface area contributed by atoms with Crippen LogP contribution in [-0.2, 0) is 4.84 Å². The molecule has 0 spiro atoms. The molecule has 0 unspecified atom stereocenters. The Morgan fingerprint density at radius 1 is 0.960 bits per heavy atom. The number of anilines is 1. The molecule has 0 saturated carbocycles. The van der Waals surface area contributed by atoms with E-state index in [0.717, 1.165) is 27.9 Å². The Kier molecular flexibility index (Phi) is 5.52. The maximum absolute atomic E-state index is 12.6. The molecule has 4 nitrogen and oxygen atoms in total. The fourth-order valence-corrected chi connectivity index (χ4v) is 2.86. The molecular formula is C21H26N2O2. The van der Waals surface area contributed by atoms with Crippen LogP contribution in [0.1, 0.15) is 32.6 Å². The highest BCUT2D eigenvalue weighted by Gasteiger charge is 2.18. The SMILES string of the molecule is C=C(c1ccc(N(C)C)cc1)N(C)OC(=O)c1c(C)cc(C)cc1C. The monoisotopic (exact) mass is 338 g/mol. The average molecular weight is 338 g/mol. The molecule has 0 amide bonds. The van der Waals surface area contributed by atoms with Gasteiger partial charge >= 0.3 is 5.97 Å². The van der Waals surface area contributed by atoms with Crippen molar-refractivity contribution >= 4 is 17.4 Å². The number of hydrogen-bond donors (Lipinski definition) is 0. The molecule has 0 atom stereocenters. The first-order valence-corrected chi connectivity index (χ1v) is 8.21. The number of nitrogens with zero attached hydrogens (tertiary/aromatic N) is 2.